The van der Waals surface area contributed by atoms with Crippen LogP contribution in [-0.4, -0.2) is 11.5 Å². The Bertz CT molecular complexity index is 375. The fourth-order valence-corrected chi connectivity index (χ4v) is 3.16. The Morgan fingerprint density at radius 2 is 2.16 bits per heavy atom. The molecular weight excluding hydrogens is 239 g/mol. The zero-order chi connectivity index (χ0) is 13.5. The van der Waals surface area contributed by atoms with Crippen molar-refractivity contribution < 1.29 is 4.39 Å². The Balaban J connectivity index is 1.94. The fraction of sp³-hybridized carbons (Fsp3) is 0.688. The second kappa shape index (κ2) is 7.59. The highest BCUT2D eigenvalue weighted by molar-refractivity contribution is 5.17. The molecule has 1 aromatic rings. The van der Waals surface area contributed by atoms with E-state index in [0.29, 0.717) is 0 Å². The maximum absolute atomic E-state index is 13.8. The Hall–Kier alpha value is -0.960. The number of hydrogen-bond donors (Lipinski definition) is 1. The van der Waals surface area contributed by atoms with Crippen LogP contribution in [0.2, 0.25) is 0 Å². The molecule has 0 aromatic carbocycles. The van der Waals surface area contributed by atoms with E-state index in [1.807, 2.05) is 6.07 Å². The summed E-state index contributed by atoms with van der Waals surface area (Å²) in [7, 11) is 0. The molecule has 1 aliphatic carbocycles. The van der Waals surface area contributed by atoms with Gasteiger partial charge in [0.1, 0.15) is 5.82 Å². The van der Waals surface area contributed by atoms with Gasteiger partial charge < -0.3 is 5.32 Å². The highest BCUT2D eigenvalue weighted by Crippen LogP contribution is 2.30. The highest BCUT2D eigenvalue weighted by Gasteiger charge is 2.18. The molecule has 3 heteroatoms. The van der Waals surface area contributed by atoms with Crippen LogP contribution >= 0.6 is 0 Å². The van der Waals surface area contributed by atoms with Crippen LogP contribution in [0.4, 0.5) is 4.39 Å². The summed E-state index contributed by atoms with van der Waals surface area (Å²) in [4.78, 5) is 3.83. The van der Waals surface area contributed by atoms with Gasteiger partial charge in [-0.1, -0.05) is 39.0 Å². The van der Waals surface area contributed by atoms with E-state index in [9.17, 15) is 4.39 Å². The number of hydrogen-bond acceptors (Lipinski definition) is 2. The predicted octanol–water partition coefficient (Wildman–Crippen LogP) is 4.23. The lowest BCUT2D eigenvalue weighted by Crippen LogP contribution is -2.23. The summed E-state index contributed by atoms with van der Waals surface area (Å²) in [5.41, 5.74) is 0.771. The molecule has 0 radical (unpaired) electrons. The topological polar surface area (TPSA) is 24.9 Å². The number of aromatic nitrogens is 1. The van der Waals surface area contributed by atoms with Gasteiger partial charge in [0.15, 0.2) is 0 Å². The smallest absolute Gasteiger partial charge is 0.146 e. The molecule has 1 saturated carbocycles. The van der Waals surface area contributed by atoms with E-state index in [1.165, 1.54) is 44.7 Å². The third-order valence-electron chi connectivity index (χ3n) is 4.22. The molecule has 1 heterocycles. The summed E-state index contributed by atoms with van der Waals surface area (Å²) in [5.74, 6) is 0.664. The van der Waals surface area contributed by atoms with Crippen molar-refractivity contribution in [3.05, 3.63) is 29.8 Å². The van der Waals surface area contributed by atoms with Crippen molar-refractivity contribution in [1.82, 2.24) is 10.3 Å². The highest BCUT2D eigenvalue weighted by atomic mass is 19.1. The summed E-state index contributed by atoms with van der Waals surface area (Å²) >= 11 is 0. The van der Waals surface area contributed by atoms with Crippen molar-refractivity contribution in [2.75, 3.05) is 6.54 Å². The molecular formula is C16H25FN2. The number of halogens is 1. The van der Waals surface area contributed by atoms with Crippen molar-refractivity contribution in [3.8, 4) is 0 Å². The van der Waals surface area contributed by atoms with Crippen LogP contribution in [0.15, 0.2) is 18.5 Å². The van der Waals surface area contributed by atoms with Gasteiger partial charge in [-0.2, -0.15) is 0 Å². The molecule has 1 aliphatic rings. The zero-order valence-corrected chi connectivity index (χ0v) is 11.9. The molecule has 1 aromatic heterocycles. The minimum Gasteiger partial charge on any atom is -0.310 e. The van der Waals surface area contributed by atoms with E-state index in [2.05, 4.69) is 17.2 Å². The average molecular weight is 264 g/mol. The van der Waals surface area contributed by atoms with Crippen LogP contribution in [-0.2, 0) is 0 Å². The lowest BCUT2D eigenvalue weighted by Gasteiger charge is -2.25. The third kappa shape index (κ3) is 4.27. The normalized spacial score (nSPS) is 18.4. The molecule has 1 unspecified atom stereocenters. The van der Waals surface area contributed by atoms with Crippen molar-refractivity contribution in [2.24, 2.45) is 5.92 Å². The number of nitrogens with one attached hydrogen (secondary N) is 1. The fourth-order valence-electron chi connectivity index (χ4n) is 3.16. The predicted molar refractivity (Wildman–Crippen MR) is 76.4 cm³/mol. The first-order valence-electron chi connectivity index (χ1n) is 7.64. The van der Waals surface area contributed by atoms with Crippen LogP contribution in [0.3, 0.4) is 0 Å². The Morgan fingerprint density at radius 3 is 2.84 bits per heavy atom. The maximum Gasteiger partial charge on any atom is 0.146 e. The summed E-state index contributed by atoms with van der Waals surface area (Å²) in [6, 6.07) is 1.94. The van der Waals surface area contributed by atoms with Crippen LogP contribution in [0, 0.1) is 11.7 Å². The molecule has 0 aliphatic heterocycles. The summed E-state index contributed by atoms with van der Waals surface area (Å²) in [6.45, 7) is 2.95. The molecule has 0 amide bonds. The SMILES string of the molecule is CCNC(CCC1CCCCC1)c1ccncc1F. The largest absolute Gasteiger partial charge is 0.310 e. The van der Waals surface area contributed by atoms with Crippen molar-refractivity contribution in [3.63, 3.8) is 0 Å². The lowest BCUT2D eigenvalue weighted by atomic mass is 9.84. The maximum atomic E-state index is 13.8. The zero-order valence-electron chi connectivity index (χ0n) is 11.9. The summed E-state index contributed by atoms with van der Waals surface area (Å²) in [5, 5.41) is 3.41. The molecule has 1 N–H and O–H groups in total. The molecule has 0 saturated heterocycles. The van der Waals surface area contributed by atoms with Gasteiger partial charge in [-0.3, -0.25) is 4.98 Å². The van der Waals surface area contributed by atoms with E-state index in [1.54, 1.807) is 6.20 Å². The van der Waals surface area contributed by atoms with Crippen LogP contribution in [0.1, 0.15) is 63.5 Å². The van der Waals surface area contributed by atoms with E-state index in [-0.39, 0.29) is 11.9 Å². The first-order valence-corrected chi connectivity index (χ1v) is 7.64. The Kier molecular flexibility index (Phi) is 5.77. The van der Waals surface area contributed by atoms with Gasteiger partial charge in [-0.15, -0.1) is 0 Å². The molecule has 0 bridgehead atoms. The minimum absolute atomic E-state index is 0.134. The molecule has 1 fully saturated rings. The first-order chi connectivity index (χ1) is 9.31. The van der Waals surface area contributed by atoms with Crippen molar-refractivity contribution in [1.29, 1.82) is 0 Å². The van der Waals surface area contributed by atoms with E-state index < -0.39 is 0 Å². The molecule has 2 rings (SSSR count). The van der Waals surface area contributed by atoms with Gasteiger partial charge in [0.25, 0.3) is 0 Å². The molecule has 0 spiro atoms. The standard InChI is InChI=1S/C16H25FN2/c1-2-19-16(14-10-11-18-12-15(14)17)9-8-13-6-4-3-5-7-13/h10-13,16,19H,2-9H2,1H3. The number of pyridine rings is 1. The van der Waals surface area contributed by atoms with Crippen LogP contribution < -0.4 is 5.32 Å². The van der Waals surface area contributed by atoms with Crippen molar-refractivity contribution in [2.45, 2.75) is 57.9 Å². The molecule has 19 heavy (non-hydrogen) atoms. The monoisotopic (exact) mass is 264 g/mol. The number of rotatable bonds is 6. The van der Waals surface area contributed by atoms with E-state index in [4.69, 9.17) is 0 Å². The van der Waals surface area contributed by atoms with Gasteiger partial charge in [0, 0.05) is 17.8 Å². The molecule has 106 valence electrons. The first kappa shape index (κ1) is 14.4. The lowest BCUT2D eigenvalue weighted by molar-refractivity contribution is 0.313. The Labute approximate surface area is 115 Å². The average Bonchev–Trinajstić information content (AvgIpc) is 2.45. The number of nitrogens with zero attached hydrogens (tertiary/aromatic N) is 1. The summed E-state index contributed by atoms with van der Waals surface area (Å²) < 4.78 is 13.8. The van der Waals surface area contributed by atoms with E-state index in [0.717, 1.165) is 24.4 Å². The Morgan fingerprint density at radius 1 is 1.37 bits per heavy atom. The second-order valence-electron chi connectivity index (χ2n) is 5.59. The van der Waals surface area contributed by atoms with Crippen LogP contribution in [0.25, 0.3) is 0 Å². The second-order valence-corrected chi connectivity index (χ2v) is 5.59. The van der Waals surface area contributed by atoms with Gasteiger partial charge in [-0.05, 0) is 31.4 Å². The van der Waals surface area contributed by atoms with Gasteiger partial charge in [0.05, 0.1) is 6.20 Å². The third-order valence-corrected chi connectivity index (χ3v) is 4.22. The van der Waals surface area contributed by atoms with Gasteiger partial charge >= 0.3 is 0 Å². The van der Waals surface area contributed by atoms with Crippen LogP contribution in [0.5, 0.6) is 0 Å². The molecule has 1 atom stereocenters. The van der Waals surface area contributed by atoms with E-state index >= 15 is 0 Å². The molecule has 2 nitrogen and oxygen atoms in total. The quantitative estimate of drug-likeness (QED) is 0.831. The van der Waals surface area contributed by atoms with Gasteiger partial charge in [-0.25, -0.2) is 4.39 Å². The minimum atomic E-state index is -0.183. The van der Waals surface area contributed by atoms with Crippen molar-refractivity contribution >= 4 is 0 Å². The van der Waals surface area contributed by atoms with Gasteiger partial charge in [0.2, 0.25) is 0 Å². The summed E-state index contributed by atoms with van der Waals surface area (Å²) in [6.07, 6.45) is 12.1.